The zero-order valence-corrected chi connectivity index (χ0v) is 11.8. The fourth-order valence-electron chi connectivity index (χ4n) is 0. The Morgan fingerprint density at radius 3 is 1.00 bits per heavy atom. The first kappa shape index (κ1) is 36.1. The van der Waals surface area contributed by atoms with Gasteiger partial charge in [0.2, 0.25) is 0 Å². The maximum Gasteiger partial charge on any atom is 1.00 e. The monoisotopic (exact) mass is 340 g/mol. The van der Waals surface area contributed by atoms with Crippen molar-refractivity contribution in [3.8, 4) is 0 Å². The van der Waals surface area contributed by atoms with E-state index < -0.39 is 0 Å². The van der Waals surface area contributed by atoms with E-state index in [4.69, 9.17) is 0 Å². The van der Waals surface area contributed by atoms with Gasteiger partial charge >= 0.3 is 70.2 Å². The molecule has 0 saturated carbocycles. The Kier molecular flexibility index (Phi) is 177. The molecule has 0 heterocycles. The summed E-state index contributed by atoms with van der Waals surface area (Å²) in [5, 5.41) is 0. The number of halogens is 3. The first-order chi connectivity index (χ1) is 0. The Bertz CT molecular complexity index is 15.7. The summed E-state index contributed by atoms with van der Waals surface area (Å²) in [7, 11) is 0. The molecule has 0 aliphatic rings. The van der Waals surface area contributed by atoms with Crippen LogP contribution in [0.2, 0.25) is 0 Å². The van der Waals surface area contributed by atoms with Crippen molar-refractivity contribution in [3.05, 3.63) is 0 Å². The van der Waals surface area contributed by atoms with Gasteiger partial charge in [-0.1, -0.05) is 0 Å². The van der Waals surface area contributed by atoms with Crippen LogP contribution in [0.1, 0.15) is 2.85 Å². The van der Waals surface area contributed by atoms with Crippen LogP contribution in [-0.4, -0.2) is 0 Å². The van der Waals surface area contributed by atoms with Crippen LogP contribution >= 0.6 is 60.4 Å². The fourth-order valence-corrected chi connectivity index (χ4v) is 0. The first-order valence-corrected chi connectivity index (χ1v) is 0. The van der Waals surface area contributed by atoms with Crippen molar-refractivity contribution >= 4 is 60.4 Å². The SMILES string of the molecule is Cl.I.I.[H-].[H-].[K+].[Li+]. The van der Waals surface area contributed by atoms with Crippen molar-refractivity contribution in [3.63, 3.8) is 0 Å². The van der Waals surface area contributed by atoms with Gasteiger partial charge in [-0.2, -0.15) is 0 Å². The molecule has 0 aromatic carbocycles. The molecule has 0 aliphatic carbocycles. The van der Waals surface area contributed by atoms with E-state index in [1.54, 1.807) is 0 Å². The van der Waals surface area contributed by atoms with Crippen molar-refractivity contribution in [1.29, 1.82) is 0 Å². The van der Waals surface area contributed by atoms with Gasteiger partial charge < -0.3 is 2.85 Å². The molecule has 0 N–H and O–H groups in total. The molecule has 0 rings (SSSR count). The Morgan fingerprint density at radius 1 is 1.00 bits per heavy atom. The van der Waals surface area contributed by atoms with E-state index in [0.29, 0.717) is 0 Å². The van der Waals surface area contributed by atoms with Gasteiger partial charge in [-0.05, 0) is 0 Å². The summed E-state index contributed by atoms with van der Waals surface area (Å²) in [4.78, 5) is 0. The van der Waals surface area contributed by atoms with Crippen molar-refractivity contribution < 1.29 is 73.1 Å². The normalized spacial score (nSPS) is 0. The molecule has 0 unspecified atom stereocenters. The van der Waals surface area contributed by atoms with Crippen molar-refractivity contribution in [1.82, 2.24) is 0 Å². The Balaban J connectivity index is 0. The van der Waals surface area contributed by atoms with Gasteiger partial charge in [-0.3, -0.25) is 0 Å². The third-order valence-electron chi connectivity index (χ3n) is 0. The minimum atomic E-state index is 0. The molecule has 0 nitrogen and oxygen atoms in total. The van der Waals surface area contributed by atoms with Gasteiger partial charge in [0, 0.05) is 0 Å². The van der Waals surface area contributed by atoms with E-state index in [0.717, 1.165) is 0 Å². The molecule has 28 valence electrons. The van der Waals surface area contributed by atoms with E-state index in [2.05, 4.69) is 0 Å². The molecule has 5 heteroatoms. The van der Waals surface area contributed by atoms with Crippen LogP contribution in [0.15, 0.2) is 0 Å². The quantitative estimate of drug-likeness (QED) is 0.311. The van der Waals surface area contributed by atoms with E-state index in [9.17, 15) is 0 Å². The average Bonchev–Trinajstić information content (AvgIpc) is 0. The second kappa shape index (κ2) is 24.5. The second-order valence-corrected chi connectivity index (χ2v) is 0. The third-order valence-corrected chi connectivity index (χ3v) is 0. The van der Waals surface area contributed by atoms with Crippen molar-refractivity contribution in [2.45, 2.75) is 0 Å². The van der Waals surface area contributed by atoms with Gasteiger partial charge in [0.1, 0.15) is 0 Å². The molecule has 0 spiro atoms. The van der Waals surface area contributed by atoms with Crippen LogP contribution in [0.3, 0.4) is 0 Å². The molecule has 0 bridgehead atoms. The van der Waals surface area contributed by atoms with E-state index in [1.165, 1.54) is 0 Å². The smallest absolute Gasteiger partial charge is 1.00 e. The molecule has 0 aromatic rings. The van der Waals surface area contributed by atoms with Gasteiger partial charge in [-0.25, -0.2) is 0 Å². The molecule has 0 aliphatic heterocycles. The molecular formula is H5ClI2KLi. The van der Waals surface area contributed by atoms with E-state index in [1.807, 2.05) is 0 Å². The van der Waals surface area contributed by atoms with Crippen molar-refractivity contribution in [2.75, 3.05) is 0 Å². The van der Waals surface area contributed by atoms with Crippen LogP contribution in [0, 0.1) is 0 Å². The average molecular weight is 340 g/mol. The van der Waals surface area contributed by atoms with Crippen LogP contribution in [0.25, 0.3) is 0 Å². The van der Waals surface area contributed by atoms with Crippen LogP contribution in [-0.2, 0) is 0 Å². The second-order valence-electron chi connectivity index (χ2n) is 0. The summed E-state index contributed by atoms with van der Waals surface area (Å²) in [6, 6.07) is 0. The minimum absolute atomic E-state index is 0. The van der Waals surface area contributed by atoms with Gasteiger partial charge in [0.25, 0.3) is 0 Å². The maximum atomic E-state index is 0. The topological polar surface area (TPSA) is 0 Å². The van der Waals surface area contributed by atoms with E-state index in [-0.39, 0.29) is 133 Å². The standard InChI is InChI=1S/ClH.2HI.K.Li.2H/h3*1H;;;;/q;;;2*+1;2*-1. The van der Waals surface area contributed by atoms with Gasteiger partial charge in [0.15, 0.2) is 0 Å². The Hall–Kier alpha value is 3.98. The molecule has 0 aromatic heterocycles. The Morgan fingerprint density at radius 2 is 1.00 bits per heavy atom. The summed E-state index contributed by atoms with van der Waals surface area (Å²) in [6.45, 7) is 0. The predicted molar refractivity (Wildman–Crippen MR) is 40.3 cm³/mol. The molecular weight excluding hydrogens is 335 g/mol. The summed E-state index contributed by atoms with van der Waals surface area (Å²) in [5.41, 5.74) is 0. The molecule has 0 radical (unpaired) electrons. The maximum absolute atomic E-state index is 0. The largest absolute Gasteiger partial charge is 1.00 e. The summed E-state index contributed by atoms with van der Waals surface area (Å²) in [5.74, 6) is 0. The fraction of sp³-hybridized carbons (Fsp3) is 0. The number of rotatable bonds is 0. The summed E-state index contributed by atoms with van der Waals surface area (Å²) in [6.07, 6.45) is 0. The molecule has 0 atom stereocenters. The van der Waals surface area contributed by atoms with Crippen molar-refractivity contribution in [2.24, 2.45) is 0 Å². The third kappa shape index (κ3) is 18.0. The number of hydrogen-bond donors (Lipinski definition) is 0. The zero-order valence-electron chi connectivity index (χ0n) is 5.22. The molecule has 5 heavy (non-hydrogen) atoms. The zero-order chi connectivity index (χ0) is 0. The van der Waals surface area contributed by atoms with Gasteiger partial charge in [-0.15, -0.1) is 60.4 Å². The molecule has 0 saturated heterocycles. The Labute approximate surface area is 130 Å². The number of hydrogen-bond acceptors (Lipinski definition) is 0. The molecule has 0 amide bonds. The van der Waals surface area contributed by atoms with Crippen LogP contribution in [0.5, 0.6) is 0 Å². The summed E-state index contributed by atoms with van der Waals surface area (Å²) >= 11 is 0. The summed E-state index contributed by atoms with van der Waals surface area (Å²) < 4.78 is 0. The van der Waals surface area contributed by atoms with Crippen LogP contribution < -0.4 is 70.2 Å². The minimum Gasteiger partial charge on any atom is -1.00 e. The van der Waals surface area contributed by atoms with E-state index >= 15 is 0 Å². The first-order valence-electron chi connectivity index (χ1n) is 0. The van der Waals surface area contributed by atoms with Crippen LogP contribution in [0.4, 0.5) is 0 Å². The molecule has 0 fully saturated rings. The predicted octanol–water partition coefficient (Wildman–Crippen LogP) is -4.11. The van der Waals surface area contributed by atoms with Gasteiger partial charge in [0.05, 0.1) is 0 Å².